The standard InChI is InChI=1S/C27H35NO5/c1-3-4-5-9-17-25(31)28-18-11-15-22-19-24(30)20(2)12-7-6-8-13-21-14-10-16-23(29)26(21)27(32)33-22/h4-6,8-11,14,16-18,20,22,24,29-30H,3,7,12-13,15,19H2,1-2H3,(H,28,31)/b5-4-,8-6+,17-9-,18-11-. The van der Waals surface area contributed by atoms with Crippen LogP contribution in [-0.2, 0) is 16.0 Å². The van der Waals surface area contributed by atoms with Crippen molar-refractivity contribution < 1.29 is 24.5 Å². The fourth-order valence-electron chi connectivity index (χ4n) is 3.54. The fourth-order valence-corrected chi connectivity index (χ4v) is 3.54. The summed E-state index contributed by atoms with van der Waals surface area (Å²) in [6, 6.07) is 4.96. The molecule has 33 heavy (non-hydrogen) atoms. The molecule has 0 fully saturated rings. The van der Waals surface area contributed by atoms with E-state index >= 15 is 0 Å². The maximum absolute atomic E-state index is 12.9. The summed E-state index contributed by atoms with van der Waals surface area (Å²) in [6.07, 6.45) is 16.4. The Balaban J connectivity index is 2.12. The summed E-state index contributed by atoms with van der Waals surface area (Å²) >= 11 is 0. The lowest BCUT2D eigenvalue weighted by Gasteiger charge is -2.24. The van der Waals surface area contributed by atoms with E-state index in [0.717, 1.165) is 19.3 Å². The summed E-state index contributed by atoms with van der Waals surface area (Å²) in [5.74, 6) is -0.972. The third-order valence-corrected chi connectivity index (χ3v) is 5.53. The van der Waals surface area contributed by atoms with Crippen LogP contribution >= 0.6 is 0 Å². The first-order valence-electron chi connectivity index (χ1n) is 11.6. The molecule has 1 aromatic rings. The van der Waals surface area contributed by atoms with Crippen LogP contribution in [0.2, 0.25) is 0 Å². The Morgan fingerprint density at radius 1 is 1.24 bits per heavy atom. The second kappa shape index (κ2) is 14.1. The molecule has 0 saturated heterocycles. The van der Waals surface area contributed by atoms with Gasteiger partial charge in [0, 0.05) is 25.1 Å². The molecule has 1 aromatic carbocycles. The minimum atomic E-state index is -0.642. The van der Waals surface area contributed by atoms with Crippen molar-refractivity contribution in [3.8, 4) is 5.75 Å². The van der Waals surface area contributed by atoms with E-state index in [1.165, 1.54) is 18.3 Å². The molecular weight excluding hydrogens is 418 g/mol. The predicted octanol–water partition coefficient (Wildman–Crippen LogP) is 4.74. The van der Waals surface area contributed by atoms with Gasteiger partial charge in [-0.2, -0.15) is 0 Å². The van der Waals surface area contributed by atoms with E-state index in [4.69, 9.17) is 4.74 Å². The van der Waals surface area contributed by atoms with E-state index in [0.29, 0.717) is 18.4 Å². The third kappa shape index (κ3) is 9.10. The molecule has 3 N–H and O–H groups in total. The molecule has 0 aliphatic carbocycles. The van der Waals surface area contributed by atoms with Crippen LogP contribution in [0.4, 0.5) is 0 Å². The number of carbonyl (C=O) groups excluding carboxylic acids is 2. The maximum Gasteiger partial charge on any atom is 0.342 e. The number of esters is 1. The van der Waals surface area contributed by atoms with Crippen LogP contribution < -0.4 is 5.32 Å². The highest BCUT2D eigenvalue weighted by Gasteiger charge is 2.25. The van der Waals surface area contributed by atoms with Gasteiger partial charge in [0.05, 0.1) is 6.10 Å². The van der Waals surface area contributed by atoms with Gasteiger partial charge in [0.2, 0.25) is 5.91 Å². The summed E-state index contributed by atoms with van der Waals surface area (Å²) in [6.45, 7) is 3.99. The average molecular weight is 454 g/mol. The number of ether oxygens (including phenoxy) is 1. The fraction of sp³-hybridized carbons (Fsp3) is 0.407. The van der Waals surface area contributed by atoms with Gasteiger partial charge in [-0.05, 0) is 43.2 Å². The van der Waals surface area contributed by atoms with Crippen molar-refractivity contribution in [3.05, 3.63) is 78.1 Å². The predicted molar refractivity (Wildman–Crippen MR) is 130 cm³/mol. The number of hydrogen-bond acceptors (Lipinski definition) is 5. The van der Waals surface area contributed by atoms with Crippen molar-refractivity contribution in [1.29, 1.82) is 0 Å². The normalized spacial score (nSPS) is 23.5. The number of amides is 1. The van der Waals surface area contributed by atoms with Gasteiger partial charge in [-0.25, -0.2) is 4.79 Å². The zero-order valence-corrected chi connectivity index (χ0v) is 19.4. The second-order valence-electron chi connectivity index (χ2n) is 8.21. The van der Waals surface area contributed by atoms with Gasteiger partial charge in [0.15, 0.2) is 0 Å². The lowest BCUT2D eigenvalue weighted by Crippen LogP contribution is -2.28. The molecule has 1 amide bonds. The van der Waals surface area contributed by atoms with Crippen molar-refractivity contribution in [2.45, 2.75) is 64.6 Å². The minimum absolute atomic E-state index is 0.0392. The van der Waals surface area contributed by atoms with E-state index in [-0.39, 0.29) is 29.6 Å². The first-order valence-corrected chi connectivity index (χ1v) is 11.6. The first kappa shape index (κ1) is 26.1. The molecule has 2 rings (SSSR count). The molecule has 0 bridgehead atoms. The number of benzene rings is 1. The van der Waals surface area contributed by atoms with Crippen LogP contribution in [0.3, 0.4) is 0 Å². The van der Waals surface area contributed by atoms with Crippen LogP contribution in [0, 0.1) is 5.92 Å². The zero-order valence-electron chi connectivity index (χ0n) is 19.4. The van der Waals surface area contributed by atoms with E-state index in [1.54, 1.807) is 30.4 Å². The van der Waals surface area contributed by atoms with Gasteiger partial charge >= 0.3 is 5.97 Å². The molecule has 6 heteroatoms. The number of cyclic esters (lactones) is 1. The van der Waals surface area contributed by atoms with Gasteiger partial charge in [0.1, 0.15) is 17.4 Å². The average Bonchev–Trinajstić information content (AvgIpc) is 2.79. The smallest absolute Gasteiger partial charge is 0.342 e. The molecule has 0 saturated carbocycles. The SMILES string of the molecule is CC/C=C\C=C/C(=O)N/C=C\CC1CC(O)C(C)CC/C=C/Cc2cccc(O)c2C(=O)O1. The molecule has 1 aliphatic heterocycles. The van der Waals surface area contributed by atoms with Crippen molar-refractivity contribution in [2.75, 3.05) is 0 Å². The molecule has 0 radical (unpaired) electrons. The Bertz CT molecular complexity index is 900. The number of phenols is 1. The topological polar surface area (TPSA) is 95.9 Å². The van der Waals surface area contributed by atoms with Crippen molar-refractivity contribution in [1.82, 2.24) is 5.32 Å². The Hall–Kier alpha value is -3.12. The quantitative estimate of drug-likeness (QED) is 0.250. The number of allylic oxidation sites excluding steroid dienone is 5. The second-order valence-corrected chi connectivity index (χ2v) is 8.21. The van der Waals surface area contributed by atoms with E-state index < -0.39 is 18.2 Å². The molecule has 3 unspecified atom stereocenters. The van der Waals surface area contributed by atoms with Crippen molar-refractivity contribution in [3.63, 3.8) is 0 Å². The molecule has 1 aliphatic rings. The Morgan fingerprint density at radius 3 is 2.85 bits per heavy atom. The third-order valence-electron chi connectivity index (χ3n) is 5.53. The van der Waals surface area contributed by atoms with Crippen LogP contribution in [0.15, 0.2) is 66.9 Å². The van der Waals surface area contributed by atoms with Crippen molar-refractivity contribution >= 4 is 11.9 Å². The number of aliphatic hydroxyl groups excluding tert-OH is 1. The summed E-state index contributed by atoms with van der Waals surface area (Å²) in [5.41, 5.74) is 0.839. The monoisotopic (exact) mass is 453 g/mol. The molecule has 3 atom stereocenters. The molecular formula is C27H35NO5. The Morgan fingerprint density at radius 2 is 2.06 bits per heavy atom. The summed E-state index contributed by atoms with van der Waals surface area (Å²) < 4.78 is 5.72. The number of hydrogen-bond donors (Lipinski definition) is 3. The van der Waals surface area contributed by atoms with Crippen LogP contribution in [0.25, 0.3) is 0 Å². The zero-order chi connectivity index (χ0) is 24.1. The molecule has 6 nitrogen and oxygen atoms in total. The highest BCUT2D eigenvalue weighted by atomic mass is 16.5. The molecule has 1 heterocycles. The van der Waals surface area contributed by atoms with Gasteiger partial charge in [-0.15, -0.1) is 0 Å². The summed E-state index contributed by atoms with van der Waals surface area (Å²) in [7, 11) is 0. The van der Waals surface area contributed by atoms with Gasteiger partial charge in [-0.1, -0.05) is 62.4 Å². The number of phenolic OH excluding ortho intramolecular Hbond substituents is 1. The molecule has 0 aromatic heterocycles. The van der Waals surface area contributed by atoms with E-state index in [1.807, 2.05) is 32.1 Å². The maximum atomic E-state index is 12.9. The first-order chi connectivity index (χ1) is 15.9. The lowest BCUT2D eigenvalue weighted by atomic mass is 9.93. The van der Waals surface area contributed by atoms with Gasteiger partial charge in [-0.3, -0.25) is 4.79 Å². The van der Waals surface area contributed by atoms with E-state index in [2.05, 4.69) is 5.32 Å². The molecule has 178 valence electrons. The summed E-state index contributed by atoms with van der Waals surface area (Å²) in [4.78, 5) is 24.8. The summed E-state index contributed by atoms with van der Waals surface area (Å²) in [5, 5.41) is 23.6. The van der Waals surface area contributed by atoms with Crippen LogP contribution in [0.5, 0.6) is 5.75 Å². The van der Waals surface area contributed by atoms with Gasteiger partial charge in [0.25, 0.3) is 0 Å². The van der Waals surface area contributed by atoms with Crippen molar-refractivity contribution in [2.24, 2.45) is 5.92 Å². The lowest BCUT2D eigenvalue weighted by molar-refractivity contribution is -0.115. The van der Waals surface area contributed by atoms with Crippen LogP contribution in [0.1, 0.15) is 61.9 Å². The van der Waals surface area contributed by atoms with Gasteiger partial charge < -0.3 is 20.3 Å². The number of aliphatic hydroxyl groups is 1. The highest BCUT2D eigenvalue weighted by Crippen LogP contribution is 2.26. The number of carbonyl (C=O) groups is 2. The number of fused-ring (bicyclic) bond motifs is 1. The minimum Gasteiger partial charge on any atom is -0.507 e. The highest BCUT2D eigenvalue weighted by molar-refractivity contribution is 5.94. The van der Waals surface area contributed by atoms with Crippen LogP contribution in [-0.4, -0.2) is 34.3 Å². The van der Waals surface area contributed by atoms with E-state index in [9.17, 15) is 19.8 Å². The number of nitrogens with one attached hydrogen (secondary N) is 1. The Labute approximate surface area is 196 Å². The Kier molecular flexibility index (Phi) is 11.2. The number of rotatable bonds is 6. The molecule has 0 spiro atoms. The number of aromatic hydroxyl groups is 1. The largest absolute Gasteiger partial charge is 0.507 e.